The lowest BCUT2D eigenvalue weighted by molar-refractivity contribution is 0.511. The van der Waals surface area contributed by atoms with E-state index in [4.69, 9.17) is 0 Å². The van der Waals surface area contributed by atoms with Gasteiger partial charge in [0.15, 0.2) is 0 Å². The van der Waals surface area contributed by atoms with Crippen LogP contribution in [0, 0.1) is 5.92 Å². The van der Waals surface area contributed by atoms with E-state index < -0.39 is 0 Å². The van der Waals surface area contributed by atoms with Crippen LogP contribution in [0.3, 0.4) is 0 Å². The summed E-state index contributed by atoms with van der Waals surface area (Å²) in [5.74, 6) is 1.65. The number of rotatable bonds is 4. The smallest absolute Gasteiger partial charge is 0.215 e. The molecule has 0 bridgehead atoms. The van der Waals surface area contributed by atoms with Gasteiger partial charge < -0.3 is 4.57 Å². The monoisotopic (exact) mass is 204 g/mol. The Morgan fingerprint density at radius 1 is 1.27 bits per heavy atom. The van der Waals surface area contributed by atoms with Crippen molar-refractivity contribution in [2.75, 3.05) is 0 Å². The highest BCUT2D eigenvalue weighted by Crippen LogP contribution is 2.08. The number of aryl methyl sites for hydroxylation is 1. The van der Waals surface area contributed by atoms with Gasteiger partial charge in [-0.1, -0.05) is 13.8 Å². The van der Waals surface area contributed by atoms with Crippen molar-refractivity contribution in [2.24, 2.45) is 5.92 Å². The minimum absolute atomic E-state index is 0.711. The van der Waals surface area contributed by atoms with Gasteiger partial charge in [-0.05, 0) is 12.3 Å². The quantitative estimate of drug-likeness (QED) is 0.764. The van der Waals surface area contributed by atoms with Gasteiger partial charge in [0.2, 0.25) is 5.95 Å². The Hall–Kier alpha value is -1.58. The lowest BCUT2D eigenvalue weighted by atomic mass is 10.1. The van der Waals surface area contributed by atoms with Crippen LogP contribution < -0.4 is 0 Å². The summed E-state index contributed by atoms with van der Waals surface area (Å²) in [4.78, 5) is 8.35. The third-order valence-corrected chi connectivity index (χ3v) is 2.38. The summed E-state index contributed by atoms with van der Waals surface area (Å²) >= 11 is 0. The Labute approximate surface area is 89.6 Å². The number of aromatic nitrogens is 4. The second-order valence-electron chi connectivity index (χ2n) is 4.07. The molecule has 0 saturated heterocycles. The third-order valence-electron chi connectivity index (χ3n) is 2.38. The molecule has 0 aromatic carbocycles. The van der Waals surface area contributed by atoms with Crippen molar-refractivity contribution in [1.82, 2.24) is 19.1 Å². The van der Waals surface area contributed by atoms with Crippen LogP contribution in [0.5, 0.6) is 0 Å². The number of hydrogen-bond acceptors (Lipinski definition) is 2. The molecule has 0 spiro atoms. The number of imidazole rings is 2. The van der Waals surface area contributed by atoms with Crippen LogP contribution in [0.4, 0.5) is 0 Å². The van der Waals surface area contributed by atoms with Gasteiger partial charge in [-0.3, -0.25) is 4.57 Å². The molecule has 0 aliphatic carbocycles. The minimum Gasteiger partial charge on any atom is -0.317 e. The third kappa shape index (κ3) is 2.26. The van der Waals surface area contributed by atoms with Crippen molar-refractivity contribution in [3.63, 3.8) is 0 Å². The van der Waals surface area contributed by atoms with Crippen molar-refractivity contribution in [2.45, 2.75) is 26.8 Å². The molecular formula is C11H16N4. The van der Waals surface area contributed by atoms with Crippen LogP contribution >= 0.6 is 0 Å². The predicted molar refractivity (Wildman–Crippen MR) is 58.8 cm³/mol. The Kier molecular flexibility index (Phi) is 2.85. The standard InChI is InChI=1S/C11H16N4/c1-10(2)3-6-14-8-5-13-11(14)15-7-4-12-9-15/h4-5,7-10H,3,6H2,1-2H3. The fourth-order valence-corrected chi connectivity index (χ4v) is 1.49. The largest absolute Gasteiger partial charge is 0.317 e. The topological polar surface area (TPSA) is 35.6 Å². The zero-order valence-corrected chi connectivity index (χ0v) is 9.17. The van der Waals surface area contributed by atoms with Crippen LogP contribution in [0.1, 0.15) is 20.3 Å². The first kappa shape index (κ1) is 9.96. The van der Waals surface area contributed by atoms with Crippen molar-refractivity contribution in [3.05, 3.63) is 31.1 Å². The van der Waals surface area contributed by atoms with Gasteiger partial charge in [0, 0.05) is 31.3 Å². The molecule has 4 nitrogen and oxygen atoms in total. The SMILES string of the molecule is CC(C)CCn1ccnc1-n1ccnc1. The Morgan fingerprint density at radius 2 is 2.13 bits per heavy atom. The van der Waals surface area contributed by atoms with Gasteiger partial charge in [0.1, 0.15) is 6.33 Å². The van der Waals surface area contributed by atoms with Gasteiger partial charge in [0.25, 0.3) is 0 Å². The minimum atomic E-state index is 0.711. The summed E-state index contributed by atoms with van der Waals surface area (Å²) in [5.41, 5.74) is 0. The number of hydrogen-bond donors (Lipinski definition) is 0. The predicted octanol–water partition coefficient (Wildman–Crippen LogP) is 2.11. The van der Waals surface area contributed by atoms with Gasteiger partial charge in [-0.15, -0.1) is 0 Å². The molecule has 0 amide bonds. The maximum Gasteiger partial charge on any atom is 0.215 e. The molecule has 0 saturated carbocycles. The van der Waals surface area contributed by atoms with Gasteiger partial charge >= 0.3 is 0 Å². The first-order valence-corrected chi connectivity index (χ1v) is 5.27. The second-order valence-corrected chi connectivity index (χ2v) is 4.07. The van der Waals surface area contributed by atoms with E-state index in [-0.39, 0.29) is 0 Å². The molecular weight excluding hydrogens is 188 g/mol. The van der Waals surface area contributed by atoms with E-state index in [0.29, 0.717) is 5.92 Å². The maximum absolute atomic E-state index is 4.32. The van der Waals surface area contributed by atoms with Gasteiger partial charge in [0.05, 0.1) is 0 Å². The number of nitrogens with zero attached hydrogens (tertiary/aromatic N) is 4. The van der Waals surface area contributed by atoms with Crippen LogP contribution in [0.2, 0.25) is 0 Å². The summed E-state index contributed by atoms with van der Waals surface area (Å²) in [5, 5.41) is 0. The lowest BCUT2D eigenvalue weighted by Gasteiger charge is -2.09. The summed E-state index contributed by atoms with van der Waals surface area (Å²) in [6.07, 6.45) is 10.5. The average molecular weight is 204 g/mol. The molecule has 0 unspecified atom stereocenters. The highest BCUT2D eigenvalue weighted by atomic mass is 15.2. The molecule has 0 atom stereocenters. The zero-order chi connectivity index (χ0) is 10.7. The molecule has 80 valence electrons. The molecule has 0 aliphatic rings. The van der Waals surface area contributed by atoms with E-state index in [1.165, 1.54) is 0 Å². The fourth-order valence-electron chi connectivity index (χ4n) is 1.49. The second kappa shape index (κ2) is 4.29. The van der Waals surface area contributed by atoms with Crippen LogP contribution in [-0.4, -0.2) is 19.1 Å². The van der Waals surface area contributed by atoms with Gasteiger partial charge in [-0.25, -0.2) is 9.97 Å². The van der Waals surface area contributed by atoms with Crippen LogP contribution in [0.25, 0.3) is 5.95 Å². The van der Waals surface area contributed by atoms with E-state index in [2.05, 4.69) is 28.4 Å². The molecule has 15 heavy (non-hydrogen) atoms. The summed E-state index contributed by atoms with van der Waals surface area (Å²) in [7, 11) is 0. The molecule has 4 heteroatoms. The fraction of sp³-hybridized carbons (Fsp3) is 0.455. The van der Waals surface area contributed by atoms with E-state index in [1.54, 1.807) is 12.5 Å². The molecule has 0 aliphatic heterocycles. The maximum atomic E-state index is 4.32. The molecule has 2 aromatic rings. The van der Waals surface area contributed by atoms with Crippen molar-refractivity contribution >= 4 is 0 Å². The molecule has 0 fully saturated rings. The van der Waals surface area contributed by atoms with Crippen LogP contribution in [0.15, 0.2) is 31.1 Å². The highest BCUT2D eigenvalue weighted by molar-refractivity contribution is 5.12. The Morgan fingerprint density at radius 3 is 2.80 bits per heavy atom. The Balaban J connectivity index is 2.16. The summed E-state index contributed by atoms with van der Waals surface area (Å²) < 4.78 is 4.09. The normalized spacial score (nSPS) is 11.1. The molecule has 0 radical (unpaired) electrons. The molecule has 2 rings (SSSR count). The lowest BCUT2D eigenvalue weighted by Crippen LogP contribution is -2.06. The molecule has 0 N–H and O–H groups in total. The van der Waals surface area contributed by atoms with E-state index >= 15 is 0 Å². The zero-order valence-electron chi connectivity index (χ0n) is 9.17. The molecule has 2 aromatic heterocycles. The van der Waals surface area contributed by atoms with E-state index in [9.17, 15) is 0 Å². The average Bonchev–Trinajstić information content (AvgIpc) is 2.85. The van der Waals surface area contributed by atoms with Crippen molar-refractivity contribution in [3.8, 4) is 5.95 Å². The van der Waals surface area contributed by atoms with Gasteiger partial charge in [-0.2, -0.15) is 0 Å². The van der Waals surface area contributed by atoms with Crippen molar-refractivity contribution < 1.29 is 0 Å². The first-order valence-electron chi connectivity index (χ1n) is 5.27. The Bertz CT molecular complexity index is 400. The van der Waals surface area contributed by atoms with Crippen LogP contribution in [-0.2, 0) is 6.54 Å². The highest BCUT2D eigenvalue weighted by Gasteiger charge is 2.04. The molecule has 2 heterocycles. The van der Waals surface area contributed by atoms with Crippen molar-refractivity contribution in [1.29, 1.82) is 0 Å². The van der Waals surface area contributed by atoms with E-state index in [1.807, 2.05) is 23.2 Å². The first-order chi connectivity index (χ1) is 7.27. The van der Waals surface area contributed by atoms with E-state index in [0.717, 1.165) is 18.9 Å². The summed E-state index contributed by atoms with van der Waals surface area (Å²) in [6, 6.07) is 0. The summed E-state index contributed by atoms with van der Waals surface area (Å²) in [6.45, 7) is 5.47.